The van der Waals surface area contributed by atoms with Crippen LogP contribution in [0.4, 0.5) is 10.1 Å². The van der Waals surface area contributed by atoms with Gasteiger partial charge in [-0.15, -0.1) is 0 Å². The summed E-state index contributed by atoms with van der Waals surface area (Å²) in [5.74, 6) is -0.312. The first-order chi connectivity index (χ1) is 8.61. The maximum absolute atomic E-state index is 13.4. The number of anilines is 1. The molecular weight excluding hydrogens is 229 g/mol. The van der Waals surface area contributed by atoms with Crippen LogP contribution in [0.15, 0.2) is 18.2 Å². The molecule has 1 aliphatic heterocycles. The van der Waals surface area contributed by atoms with Gasteiger partial charge in [-0.1, -0.05) is 19.1 Å². The van der Waals surface area contributed by atoms with Crippen LogP contribution in [0.5, 0.6) is 0 Å². The summed E-state index contributed by atoms with van der Waals surface area (Å²) in [5.41, 5.74) is 6.97. The number of nitrogens with two attached hydrogens (primary N) is 1. The fraction of sp³-hybridized carbons (Fsp3) is 0.571. The summed E-state index contributed by atoms with van der Waals surface area (Å²) in [6.45, 7) is 9.38. The summed E-state index contributed by atoms with van der Waals surface area (Å²) in [7, 11) is 0. The summed E-state index contributed by atoms with van der Waals surface area (Å²) >= 11 is 0. The molecular formula is C14H22FN3. The first-order valence-electron chi connectivity index (χ1n) is 6.61. The van der Waals surface area contributed by atoms with Crippen LogP contribution in [0.25, 0.3) is 0 Å². The second kappa shape index (κ2) is 5.67. The Morgan fingerprint density at radius 1 is 1.39 bits per heavy atom. The van der Waals surface area contributed by atoms with Gasteiger partial charge in [0.2, 0.25) is 0 Å². The highest BCUT2D eigenvalue weighted by Gasteiger charge is 2.22. The van der Waals surface area contributed by atoms with Gasteiger partial charge in [-0.05, 0) is 25.1 Å². The molecule has 0 amide bonds. The van der Waals surface area contributed by atoms with Gasteiger partial charge >= 0.3 is 0 Å². The van der Waals surface area contributed by atoms with Crippen LogP contribution in [0.3, 0.4) is 0 Å². The molecule has 0 spiro atoms. The molecule has 0 radical (unpaired) electrons. The largest absolute Gasteiger partial charge is 0.396 e. The van der Waals surface area contributed by atoms with Gasteiger partial charge in [-0.25, -0.2) is 4.39 Å². The molecule has 3 nitrogen and oxygen atoms in total. The van der Waals surface area contributed by atoms with Crippen LogP contribution >= 0.6 is 0 Å². The summed E-state index contributed by atoms with van der Waals surface area (Å²) in [5, 5.41) is 0. The second-order valence-electron chi connectivity index (χ2n) is 5.03. The van der Waals surface area contributed by atoms with Gasteiger partial charge in [0.25, 0.3) is 0 Å². The van der Waals surface area contributed by atoms with E-state index in [-0.39, 0.29) is 5.82 Å². The zero-order valence-corrected chi connectivity index (χ0v) is 11.2. The van der Waals surface area contributed by atoms with E-state index in [0.717, 1.165) is 38.3 Å². The number of halogens is 1. The summed E-state index contributed by atoms with van der Waals surface area (Å²) in [4.78, 5) is 4.81. The highest BCUT2D eigenvalue weighted by atomic mass is 19.1. The quantitative estimate of drug-likeness (QED) is 0.833. The van der Waals surface area contributed by atoms with Gasteiger partial charge in [-0.2, -0.15) is 0 Å². The van der Waals surface area contributed by atoms with Crippen LogP contribution in [0, 0.1) is 5.82 Å². The second-order valence-corrected chi connectivity index (χ2v) is 5.03. The average Bonchev–Trinajstić information content (AvgIpc) is 2.35. The molecule has 100 valence electrons. The van der Waals surface area contributed by atoms with E-state index in [1.54, 1.807) is 6.07 Å². The van der Waals surface area contributed by atoms with E-state index in [9.17, 15) is 4.39 Å². The van der Waals surface area contributed by atoms with Gasteiger partial charge in [0, 0.05) is 32.2 Å². The molecule has 0 aromatic heterocycles. The Morgan fingerprint density at radius 3 is 2.83 bits per heavy atom. The predicted octanol–water partition coefficient (Wildman–Crippen LogP) is 1.93. The van der Waals surface area contributed by atoms with Crippen LogP contribution in [0.1, 0.15) is 19.4 Å². The fourth-order valence-corrected chi connectivity index (χ4v) is 2.64. The molecule has 2 N–H and O–H groups in total. The van der Waals surface area contributed by atoms with Gasteiger partial charge in [-0.3, -0.25) is 9.80 Å². The Bertz CT molecular complexity index is 408. The molecule has 4 heteroatoms. The van der Waals surface area contributed by atoms with Gasteiger partial charge in [0.1, 0.15) is 5.82 Å². The number of hydrogen-bond donors (Lipinski definition) is 1. The molecule has 1 fully saturated rings. The number of nitrogens with zero attached hydrogens (tertiary/aromatic N) is 2. The van der Waals surface area contributed by atoms with E-state index in [1.807, 2.05) is 6.07 Å². The molecule has 1 aromatic rings. The fourth-order valence-electron chi connectivity index (χ4n) is 2.64. The van der Waals surface area contributed by atoms with E-state index in [0.29, 0.717) is 11.7 Å². The third-order valence-electron chi connectivity index (χ3n) is 3.79. The van der Waals surface area contributed by atoms with Crippen molar-refractivity contribution >= 4 is 5.69 Å². The van der Waals surface area contributed by atoms with Crippen LogP contribution in [-0.4, -0.2) is 42.0 Å². The average molecular weight is 251 g/mol. The Labute approximate surface area is 108 Å². The molecule has 0 aliphatic carbocycles. The van der Waals surface area contributed by atoms with E-state index in [4.69, 9.17) is 5.73 Å². The monoisotopic (exact) mass is 251 g/mol. The molecule has 0 bridgehead atoms. The molecule has 1 unspecified atom stereocenters. The lowest BCUT2D eigenvalue weighted by molar-refractivity contribution is 0.0835. The lowest BCUT2D eigenvalue weighted by Gasteiger charge is -2.39. The normalized spacial score (nSPS) is 22.3. The minimum Gasteiger partial charge on any atom is -0.396 e. The first kappa shape index (κ1) is 13.3. The van der Waals surface area contributed by atoms with Crippen molar-refractivity contribution in [3.8, 4) is 0 Å². The number of hydrogen-bond acceptors (Lipinski definition) is 3. The minimum absolute atomic E-state index is 0.295. The molecule has 1 aromatic carbocycles. The number of rotatable bonds is 3. The zero-order chi connectivity index (χ0) is 13.1. The van der Waals surface area contributed by atoms with Crippen LogP contribution in [0.2, 0.25) is 0 Å². The van der Waals surface area contributed by atoms with Crippen molar-refractivity contribution in [2.75, 3.05) is 31.9 Å². The lowest BCUT2D eigenvalue weighted by Crippen LogP contribution is -2.51. The molecule has 1 saturated heterocycles. The third-order valence-corrected chi connectivity index (χ3v) is 3.79. The smallest absolute Gasteiger partial charge is 0.146 e. The first-order valence-corrected chi connectivity index (χ1v) is 6.61. The Balaban J connectivity index is 2.00. The maximum atomic E-state index is 13.4. The highest BCUT2D eigenvalue weighted by Crippen LogP contribution is 2.19. The molecule has 2 rings (SSSR count). The molecule has 1 aliphatic rings. The van der Waals surface area contributed by atoms with Gasteiger partial charge in [0.15, 0.2) is 0 Å². The molecule has 1 atom stereocenters. The number of benzene rings is 1. The van der Waals surface area contributed by atoms with Gasteiger partial charge in [0.05, 0.1) is 5.69 Å². The summed E-state index contributed by atoms with van der Waals surface area (Å²) in [6, 6.07) is 5.61. The van der Waals surface area contributed by atoms with Crippen LogP contribution < -0.4 is 5.73 Å². The van der Waals surface area contributed by atoms with Gasteiger partial charge < -0.3 is 5.73 Å². The number of likely N-dealkylation sites (N-methyl/N-ethyl adjacent to an activating group) is 1. The zero-order valence-electron chi connectivity index (χ0n) is 11.2. The van der Waals surface area contributed by atoms with Crippen molar-refractivity contribution in [1.82, 2.24) is 9.80 Å². The third kappa shape index (κ3) is 2.82. The number of nitrogen functional groups attached to an aromatic ring is 1. The van der Waals surface area contributed by atoms with Crippen LogP contribution in [-0.2, 0) is 6.54 Å². The van der Waals surface area contributed by atoms with Crippen molar-refractivity contribution in [2.45, 2.75) is 26.4 Å². The minimum atomic E-state index is -0.312. The van der Waals surface area contributed by atoms with Crippen molar-refractivity contribution < 1.29 is 4.39 Å². The van der Waals surface area contributed by atoms with Crippen molar-refractivity contribution in [2.24, 2.45) is 0 Å². The van der Waals surface area contributed by atoms with E-state index < -0.39 is 0 Å². The predicted molar refractivity (Wildman–Crippen MR) is 72.8 cm³/mol. The molecule has 1 heterocycles. The lowest BCUT2D eigenvalue weighted by atomic mass is 10.1. The van der Waals surface area contributed by atoms with E-state index in [2.05, 4.69) is 23.6 Å². The van der Waals surface area contributed by atoms with Crippen molar-refractivity contribution in [1.29, 1.82) is 0 Å². The highest BCUT2D eigenvalue weighted by molar-refractivity contribution is 5.47. The van der Waals surface area contributed by atoms with Crippen molar-refractivity contribution in [3.05, 3.63) is 29.6 Å². The summed E-state index contributed by atoms with van der Waals surface area (Å²) in [6.07, 6.45) is 0. The van der Waals surface area contributed by atoms with E-state index in [1.165, 1.54) is 6.07 Å². The van der Waals surface area contributed by atoms with E-state index >= 15 is 0 Å². The SMILES string of the molecule is CCN1CCN(Cc2cccc(F)c2N)CC1C. The maximum Gasteiger partial charge on any atom is 0.146 e. The molecule has 18 heavy (non-hydrogen) atoms. The van der Waals surface area contributed by atoms with Crippen molar-refractivity contribution in [3.63, 3.8) is 0 Å². The Hall–Kier alpha value is -1.13. The molecule has 0 saturated carbocycles. The topological polar surface area (TPSA) is 32.5 Å². The standard InChI is InChI=1S/C14H22FN3/c1-3-18-8-7-17(9-11(18)2)10-12-5-4-6-13(15)14(12)16/h4-6,11H,3,7-10,16H2,1-2H3. The number of para-hydroxylation sites is 1. The Morgan fingerprint density at radius 2 is 2.17 bits per heavy atom. The summed E-state index contributed by atoms with van der Waals surface area (Å²) < 4.78 is 13.4. The Kier molecular flexibility index (Phi) is 4.19. The number of piperazine rings is 1.